The van der Waals surface area contributed by atoms with Crippen molar-refractivity contribution in [2.75, 3.05) is 0 Å². The van der Waals surface area contributed by atoms with Crippen molar-refractivity contribution in [3.63, 3.8) is 0 Å². The van der Waals surface area contributed by atoms with Gasteiger partial charge in [0, 0.05) is 0 Å². The van der Waals surface area contributed by atoms with Gasteiger partial charge in [0.1, 0.15) is 0 Å². The van der Waals surface area contributed by atoms with E-state index in [1.54, 1.807) is 0 Å². The summed E-state index contributed by atoms with van der Waals surface area (Å²) in [5.74, 6) is 0. The highest BCUT2D eigenvalue weighted by Gasteiger charge is 1.74. The molecule has 0 heteroatoms. The molecule has 0 aromatic carbocycles. The fourth-order valence-electron chi connectivity index (χ4n) is 0.780. The predicted octanol–water partition coefficient (Wildman–Crippen LogP) is 4.07. The van der Waals surface area contributed by atoms with Crippen LogP contribution in [0.4, 0.5) is 0 Å². The largest absolute Gasteiger partial charge is 0.0848 e. The molecule has 0 nitrogen and oxygen atoms in total. The van der Waals surface area contributed by atoms with E-state index in [0.717, 1.165) is 19.3 Å². The van der Waals surface area contributed by atoms with Crippen molar-refractivity contribution in [3.05, 3.63) is 43.4 Å². The number of rotatable bonds is 6. The normalized spacial score (nSPS) is 12.5. The summed E-state index contributed by atoms with van der Waals surface area (Å²) in [4.78, 5) is 0. The Labute approximate surface area is 76.7 Å². The van der Waals surface area contributed by atoms with Crippen LogP contribution in [0, 0.1) is 6.92 Å². The van der Waals surface area contributed by atoms with Gasteiger partial charge in [0.2, 0.25) is 0 Å². The number of unbranched alkanes of at least 4 members (excludes halogenated alkanes) is 2. The van der Waals surface area contributed by atoms with Crippen LogP contribution < -0.4 is 0 Å². The molecule has 0 aliphatic carbocycles. The fourth-order valence-corrected chi connectivity index (χ4v) is 0.780. The second-order valence-electron chi connectivity index (χ2n) is 2.65. The quantitative estimate of drug-likeness (QED) is 0.409. The molecule has 0 spiro atoms. The van der Waals surface area contributed by atoms with Crippen LogP contribution in [-0.4, -0.2) is 0 Å². The minimum absolute atomic E-state index is 1.03. The first kappa shape index (κ1) is 11.2. The van der Waals surface area contributed by atoms with Gasteiger partial charge in [-0.3, -0.25) is 0 Å². The summed E-state index contributed by atoms with van der Waals surface area (Å²) in [6.45, 7) is 5.91. The van der Waals surface area contributed by atoms with E-state index in [1.807, 2.05) is 0 Å². The fraction of sp³-hybridized carbons (Fsp3) is 0.417. The van der Waals surface area contributed by atoms with E-state index in [4.69, 9.17) is 0 Å². The topological polar surface area (TPSA) is 0 Å². The minimum Gasteiger partial charge on any atom is -0.0848 e. The zero-order valence-electron chi connectivity index (χ0n) is 8.00. The molecule has 67 valence electrons. The van der Waals surface area contributed by atoms with Crippen LogP contribution in [0.5, 0.6) is 0 Å². The van der Waals surface area contributed by atoms with Crippen molar-refractivity contribution < 1.29 is 0 Å². The molecular weight excluding hydrogens is 144 g/mol. The number of hydrogen-bond donors (Lipinski definition) is 0. The Hall–Kier alpha value is -0.780. The van der Waals surface area contributed by atoms with Crippen molar-refractivity contribution in [1.29, 1.82) is 0 Å². The molecule has 0 aliphatic rings. The van der Waals surface area contributed by atoms with Crippen LogP contribution in [0.3, 0.4) is 0 Å². The van der Waals surface area contributed by atoms with Crippen molar-refractivity contribution in [3.8, 4) is 0 Å². The van der Waals surface area contributed by atoms with Crippen molar-refractivity contribution in [2.45, 2.75) is 32.6 Å². The van der Waals surface area contributed by atoms with Crippen LogP contribution >= 0.6 is 0 Å². The smallest absolute Gasteiger partial charge is 0.0348 e. The van der Waals surface area contributed by atoms with Crippen LogP contribution in [0.1, 0.15) is 32.6 Å². The third-order valence-electron chi connectivity index (χ3n) is 1.46. The zero-order valence-corrected chi connectivity index (χ0v) is 8.00. The third-order valence-corrected chi connectivity index (χ3v) is 1.46. The van der Waals surface area contributed by atoms with Crippen molar-refractivity contribution in [1.82, 2.24) is 0 Å². The lowest BCUT2D eigenvalue weighted by Crippen LogP contribution is -1.65. The van der Waals surface area contributed by atoms with E-state index in [0.29, 0.717) is 0 Å². The first-order chi connectivity index (χ1) is 5.91. The van der Waals surface area contributed by atoms with Gasteiger partial charge in [-0.2, -0.15) is 0 Å². The molecule has 0 saturated carbocycles. The van der Waals surface area contributed by atoms with Crippen LogP contribution in [0.15, 0.2) is 36.5 Å². The van der Waals surface area contributed by atoms with Gasteiger partial charge in [0.25, 0.3) is 0 Å². The predicted molar refractivity (Wildman–Crippen MR) is 56.9 cm³/mol. The van der Waals surface area contributed by atoms with Gasteiger partial charge < -0.3 is 0 Å². The first-order valence-corrected chi connectivity index (χ1v) is 4.69. The lowest BCUT2D eigenvalue weighted by molar-refractivity contribution is 0.866. The highest BCUT2D eigenvalue weighted by molar-refractivity contribution is 5.10. The van der Waals surface area contributed by atoms with Crippen LogP contribution in [0.2, 0.25) is 0 Å². The Morgan fingerprint density at radius 3 is 2.25 bits per heavy atom. The Morgan fingerprint density at radius 1 is 1.00 bits per heavy atom. The van der Waals surface area contributed by atoms with E-state index in [9.17, 15) is 0 Å². The van der Waals surface area contributed by atoms with Crippen molar-refractivity contribution >= 4 is 0 Å². The standard InChI is InChI=1S/C12H19/c1-3-5-7-9-11-12-10-8-6-4-2/h6,8-12H,1,3-5,7H2,2H3. The summed E-state index contributed by atoms with van der Waals surface area (Å²) in [5.41, 5.74) is 0. The molecule has 0 atom stereocenters. The summed E-state index contributed by atoms with van der Waals surface area (Å²) in [6, 6.07) is 0. The van der Waals surface area contributed by atoms with Gasteiger partial charge in [-0.15, -0.1) is 0 Å². The molecule has 0 heterocycles. The molecule has 0 amide bonds. The third kappa shape index (κ3) is 9.22. The molecule has 0 aliphatic heterocycles. The zero-order chi connectivity index (χ0) is 9.07. The van der Waals surface area contributed by atoms with Gasteiger partial charge >= 0.3 is 0 Å². The van der Waals surface area contributed by atoms with Gasteiger partial charge in [-0.25, -0.2) is 0 Å². The Morgan fingerprint density at radius 2 is 1.67 bits per heavy atom. The molecule has 0 fully saturated rings. The molecule has 1 radical (unpaired) electrons. The first-order valence-electron chi connectivity index (χ1n) is 4.69. The Kier molecular flexibility index (Phi) is 9.56. The lowest BCUT2D eigenvalue weighted by Gasteiger charge is -1.84. The van der Waals surface area contributed by atoms with E-state index < -0.39 is 0 Å². The summed E-state index contributed by atoms with van der Waals surface area (Å²) < 4.78 is 0. The summed E-state index contributed by atoms with van der Waals surface area (Å²) >= 11 is 0. The van der Waals surface area contributed by atoms with Gasteiger partial charge in [0.15, 0.2) is 0 Å². The Balaban J connectivity index is 3.32. The summed E-state index contributed by atoms with van der Waals surface area (Å²) in [6.07, 6.45) is 17.1. The SMILES string of the molecule is [CH2]CCCC=CC=CC=CCC. The van der Waals surface area contributed by atoms with Gasteiger partial charge in [-0.1, -0.05) is 56.7 Å². The maximum absolute atomic E-state index is 3.78. The number of hydrogen-bond acceptors (Lipinski definition) is 0. The van der Waals surface area contributed by atoms with E-state index in [-0.39, 0.29) is 0 Å². The minimum atomic E-state index is 1.03. The second kappa shape index (κ2) is 10.2. The molecule has 0 aromatic rings. The van der Waals surface area contributed by atoms with E-state index >= 15 is 0 Å². The number of allylic oxidation sites excluding steroid dienone is 6. The van der Waals surface area contributed by atoms with Gasteiger partial charge in [-0.05, 0) is 19.3 Å². The maximum atomic E-state index is 3.78. The lowest BCUT2D eigenvalue weighted by atomic mass is 10.2. The molecular formula is C12H19. The second-order valence-corrected chi connectivity index (χ2v) is 2.65. The van der Waals surface area contributed by atoms with Crippen LogP contribution in [0.25, 0.3) is 0 Å². The monoisotopic (exact) mass is 163 g/mol. The summed E-state index contributed by atoms with van der Waals surface area (Å²) in [5, 5.41) is 0. The summed E-state index contributed by atoms with van der Waals surface area (Å²) in [7, 11) is 0. The molecule has 12 heavy (non-hydrogen) atoms. The van der Waals surface area contributed by atoms with E-state index in [1.165, 1.54) is 6.42 Å². The molecule has 0 rings (SSSR count). The highest BCUT2D eigenvalue weighted by Crippen LogP contribution is 1.94. The average Bonchev–Trinajstić information content (AvgIpc) is 2.10. The average molecular weight is 163 g/mol. The molecule has 0 N–H and O–H groups in total. The Bertz CT molecular complexity index is 149. The molecule has 0 aromatic heterocycles. The van der Waals surface area contributed by atoms with Crippen LogP contribution in [-0.2, 0) is 0 Å². The molecule has 0 unspecified atom stereocenters. The molecule has 0 bridgehead atoms. The van der Waals surface area contributed by atoms with Gasteiger partial charge in [0.05, 0.1) is 0 Å². The highest BCUT2D eigenvalue weighted by atomic mass is 13.8. The maximum Gasteiger partial charge on any atom is -0.0348 e. The van der Waals surface area contributed by atoms with E-state index in [2.05, 4.69) is 50.3 Å². The molecule has 0 saturated heterocycles. The van der Waals surface area contributed by atoms with Crippen molar-refractivity contribution in [2.24, 2.45) is 0 Å².